The van der Waals surface area contributed by atoms with Crippen molar-refractivity contribution in [3.05, 3.63) is 48.6 Å². The lowest BCUT2D eigenvalue weighted by Crippen LogP contribution is -2.30. The van der Waals surface area contributed by atoms with E-state index < -0.39 is 6.10 Å². The number of ether oxygens (including phenoxy) is 3. The third kappa shape index (κ3) is 58.1. The number of unbranched alkanes of at least 4 members (excludes halogenated alkanes) is 38. The predicted octanol–water partition coefficient (Wildman–Crippen LogP) is 21.0. The van der Waals surface area contributed by atoms with Crippen LogP contribution in [-0.4, -0.2) is 37.2 Å². The van der Waals surface area contributed by atoms with Crippen LogP contribution in [0.3, 0.4) is 0 Å². The molecule has 0 N–H and O–H groups in total. The second-order valence-electron chi connectivity index (χ2n) is 21.0. The molecule has 0 bridgehead atoms. The van der Waals surface area contributed by atoms with Crippen LogP contribution in [0.4, 0.5) is 0 Å². The Kier molecular flexibility index (Phi) is 57.7. The topological polar surface area (TPSA) is 78.9 Å². The van der Waals surface area contributed by atoms with Crippen LogP contribution in [0.1, 0.15) is 329 Å². The normalized spacial score (nSPS) is 12.3. The van der Waals surface area contributed by atoms with Crippen molar-refractivity contribution in [1.82, 2.24) is 0 Å². The SMILES string of the molecule is CCCCC/C=C\C/C=C\CCCCCCCCCC(=O)OC(COC(=O)CCCCCCCCC/C=C\CCCCCCCC)COC(=O)CCCCCCCCC/C=C\CCCCCCCCCC. The number of carbonyl (C=O) groups is 3. The summed E-state index contributed by atoms with van der Waals surface area (Å²) in [6, 6.07) is 0. The molecule has 0 radical (unpaired) electrons. The molecule has 6 nitrogen and oxygen atoms in total. The Morgan fingerprint density at radius 3 is 0.817 bits per heavy atom. The molecule has 0 aliphatic heterocycles. The molecule has 0 amide bonds. The first-order valence-electron chi connectivity index (χ1n) is 31.1. The molecular formula is C65H118O6. The number of allylic oxidation sites excluding steroid dienone is 8. The lowest BCUT2D eigenvalue weighted by atomic mass is 10.1. The number of hydrogen-bond acceptors (Lipinski definition) is 6. The summed E-state index contributed by atoms with van der Waals surface area (Å²) in [6.07, 6.45) is 73.9. The second kappa shape index (κ2) is 59.9. The van der Waals surface area contributed by atoms with E-state index >= 15 is 0 Å². The van der Waals surface area contributed by atoms with Gasteiger partial charge in [-0.1, -0.05) is 256 Å². The molecule has 6 heteroatoms. The van der Waals surface area contributed by atoms with Crippen LogP contribution >= 0.6 is 0 Å². The quantitative estimate of drug-likeness (QED) is 0.0261. The van der Waals surface area contributed by atoms with E-state index in [2.05, 4.69) is 69.4 Å². The summed E-state index contributed by atoms with van der Waals surface area (Å²) in [4.78, 5) is 38.3. The van der Waals surface area contributed by atoms with Crippen molar-refractivity contribution >= 4 is 17.9 Å². The van der Waals surface area contributed by atoms with Gasteiger partial charge in [0.1, 0.15) is 13.2 Å². The average Bonchev–Trinajstić information content (AvgIpc) is 3.37. The molecule has 0 aliphatic carbocycles. The summed E-state index contributed by atoms with van der Waals surface area (Å²) in [5.74, 6) is -0.877. The fourth-order valence-corrected chi connectivity index (χ4v) is 9.05. The van der Waals surface area contributed by atoms with Gasteiger partial charge in [0.15, 0.2) is 6.10 Å². The molecule has 1 atom stereocenters. The molecule has 0 heterocycles. The number of esters is 3. The summed E-state index contributed by atoms with van der Waals surface area (Å²) in [5.41, 5.74) is 0. The molecule has 414 valence electrons. The van der Waals surface area contributed by atoms with E-state index in [4.69, 9.17) is 14.2 Å². The van der Waals surface area contributed by atoms with Crippen LogP contribution in [0.15, 0.2) is 48.6 Å². The van der Waals surface area contributed by atoms with Gasteiger partial charge < -0.3 is 14.2 Å². The molecule has 0 fully saturated rings. The number of hydrogen-bond donors (Lipinski definition) is 0. The lowest BCUT2D eigenvalue weighted by molar-refractivity contribution is -0.167. The molecule has 0 saturated heterocycles. The monoisotopic (exact) mass is 995 g/mol. The summed E-state index contributed by atoms with van der Waals surface area (Å²) < 4.78 is 16.9. The second-order valence-corrected chi connectivity index (χ2v) is 21.0. The van der Waals surface area contributed by atoms with Gasteiger partial charge in [0.05, 0.1) is 0 Å². The van der Waals surface area contributed by atoms with Gasteiger partial charge in [0, 0.05) is 19.3 Å². The van der Waals surface area contributed by atoms with Crippen molar-refractivity contribution in [1.29, 1.82) is 0 Å². The van der Waals surface area contributed by atoms with Crippen LogP contribution in [0.2, 0.25) is 0 Å². The van der Waals surface area contributed by atoms with Gasteiger partial charge in [0.2, 0.25) is 0 Å². The van der Waals surface area contributed by atoms with Gasteiger partial charge in [-0.25, -0.2) is 0 Å². The van der Waals surface area contributed by atoms with Gasteiger partial charge in [-0.2, -0.15) is 0 Å². The predicted molar refractivity (Wildman–Crippen MR) is 307 cm³/mol. The summed E-state index contributed by atoms with van der Waals surface area (Å²) in [5, 5.41) is 0. The van der Waals surface area contributed by atoms with Crippen LogP contribution in [0.25, 0.3) is 0 Å². The Balaban J connectivity index is 4.37. The van der Waals surface area contributed by atoms with Gasteiger partial charge in [-0.15, -0.1) is 0 Å². The Labute approximate surface area is 441 Å². The average molecular weight is 996 g/mol. The Morgan fingerprint density at radius 2 is 0.507 bits per heavy atom. The summed E-state index contributed by atoms with van der Waals surface area (Å²) in [7, 11) is 0. The van der Waals surface area contributed by atoms with Crippen molar-refractivity contribution in [2.45, 2.75) is 335 Å². The van der Waals surface area contributed by atoms with Crippen LogP contribution in [-0.2, 0) is 28.6 Å². The molecule has 71 heavy (non-hydrogen) atoms. The first-order valence-corrected chi connectivity index (χ1v) is 31.1. The highest BCUT2D eigenvalue weighted by molar-refractivity contribution is 5.71. The van der Waals surface area contributed by atoms with E-state index in [0.717, 1.165) is 70.6 Å². The van der Waals surface area contributed by atoms with Crippen molar-refractivity contribution < 1.29 is 28.6 Å². The van der Waals surface area contributed by atoms with Crippen molar-refractivity contribution in [2.24, 2.45) is 0 Å². The van der Waals surface area contributed by atoms with Gasteiger partial charge >= 0.3 is 17.9 Å². The smallest absolute Gasteiger partial charge is 0.306 e. The molecule has 0 saturated carbocycles. The maximum atomic E-state index is 12.9. The Hall–Kier alpha value is -2.63. The maximum absolute atomic E-state index is 12.9. The van der Waals surface area contributed by atoms with Crippen molar-refractivity contribution in [3.8, 4) is 0 Å². The molecular weight excluding hydrogens is 877 g/mol. The van der Waals surface area contributed by atoms with E-state index in [9.17, 15) is 14.4 Å². The lowest BCUT2D eigenvalue weighted by Gasteiger charge is -2.18. The van der Waals surface area contributed by atoms with Crippen molar-refractivity contribution in [2.75, 3.05) is 13.2 Å². The van der Waals surface area contributed by atoms with Crippen LogP contribution in [0.5, 0.6) is 0 Å². The van der Waals surface area contributed by atoms with Gasteiger partial charge in [-0.05, 0) is 103 Å². The largest absolute Gasteiger partial charge is 0.462 e. The van der Waals surface area contributed by atoms with E-state index in [1.54, 1.807) is 0 Å². The third-order valence-electron chi connectivity index (χ3n) is 13.8. The third-order valence-corrected chi connectivity index (χ3v) is 13.8. The molecule has 0 spiro atoms. The molecule has 0 aromatic heterocycles. The Morgan fingerprint density at radius 1 is 0.282 bits per heavy atom. The van der Waals surface area contributed by atoms with Crippen LogP contribution in [0, 0.1) is 0 Å². The zero-order valence-electron chi connectivity index (χ0n) is 47.5. The molecule has 0 aromatic carbocycles. The zero-order chi connectivity index (χ0) is 51.4. The minimum absolute atomic E-state index is 0.0781. The fourth-order valence-electron chi connectivity index (χ4n) is 9.05. The Bertz CT molecular complexity index is 1230. The molecule has 0 aliphatic rings. The van der Waals surface area contributed by atoms with E-state index in [0.29, 0.717) is 19.3 Å². The minimum Gasteiger partial charge on any atom is -0.462 e. The zero-order valence-corrected chi connectivity index (χ0v) is 47.5. The standard InChI is InChI=1S/C65H118O6/c1-4-7-10-13-16-19-22-25-28-31-32-35-37-40-43-46-49-52-55-58-64(67)70-61-62(71-65(68)59-56-53-50-47-44-41-38-34-30-27-24-21-18-15-12-9-6-3)60-69-63(66)57-54-51-48-45-42-39-36-33-29-26-23-20-17-14-11-8-5-2/h18,21,26-27,29-32,62H,4-17,19-20,22-25,28,33-61H2,1-3H3/b21-18-,29-26-,30-27-,32-31-. The molecule has 0 aromatic rings. The highest BCUT2D eigenvalue weighted by atomic mass is 16.6. The highest BCUT2D eigenvalue weighted by Crippen LogP contribution is 2.16. The summed E-state index contributed by atoms with van der Waals surface area (Å²) in [6.45, 7) is 6.64. The first-order chi connectivity index (χ1) is 35.0. The number of rotatable bonds is 57. The summed E-state index contributed by atoms with van der Waals surface area (Å²) >= 11 is 0. The molecule has 0 rings (SSSR count). The highest BCUT2D eigenvalue weighted by Gasteiger charge is 2.19. The fraction of sp³-hybridized carbons (Fsp3) is 0.831. The molecule has 1 unspecified atom stereocenters. The van der Waals surface area contributed by atoms with Gasteiger partial charge in [0.25, 0.3) is 0 Å². The number of carbonyl (C=O) groups excluding carboxylic acids is 3. The van der Waals surface area contributed by atoms with E-state index in [-0.39, 0.29) is 31.1 Å². The van der Waals surface area contributed by atoms with Gasteiger partial charge in [-0.3, -0.25) is 14.4 Å². The van der Waals surface area contributed by atoms with Crippen LogP contribution < -0.4 is 0 Å². The van der Waals surface area contributed by atoms with Crippen molar-refractivity contribution in [3.63, 3.8) is 0 Å². The van der Waals surface area contributed by atoms with E-state index in [1.165, 1.54) is 218 Å². The first kappa shape index (κ1) is 68.4. The minimum atomic E-state index is -0.781. The van der Waals surface area contributed by atoms with E-state index in [1.807, 2.05) is 0 Å². The maximum Gasteiger partial charge on any atom is 0.306 e.